The molecule has 0 rings (SSSR count). The van der Waals surface area contributed by atoms with Gasteiger partial charge in [0.05, 0.1) is 10.2 Å². The third-order valence-electron chi connectivity index (χ3n) is 1.10. The molecule has 1 unspecified atom stereocenters. The molecule has 0 fully saturated rings. The number of aldehydes is 1. The molecule has 0 aromatic rings. The lowest BCUT2D eigenvalue weighted by Crippen LogP contribution is -2.03. The number of thioether (sulfide) groups is 1. The van der Waals surface area contributed by atoms with E-state index in [2.05, 4.69) is 0 Å². The number of allylic oxidation sites excluding steroid dienone is 1. The SMILES string of the molecule is CC/C=C(\SC(C)C=O)C(=O)O. The third kappa shape index (κ3) is 4.18. The van der Waals surface area contributed by atoms with Gasteiger partial charge in [-0.05, 0) is 13.3 Å². The fraction of sp³-hybridized carbons (Fsp3) is 0.500. The van der Waals surface area contributed by atoms with Gasteiger partial charge >= 0.3 is 5.97 Å². The lowest BCUT2D eigenvalue weighted by Gasteiger charge is -2.03. The molecule has 12 heavy (non-hydrogen) atoms. The van der Waals surface area contributed by atoms with Gasteiger partial charge in [-0.2, -0.15) is 0 Å². The van der Waals surface area contributed by atoms with Crippen LogP contribution in [0.4, 0.5) is 0 Å². The number of rotatable bonds is 5. The van der Waals surface area contributed by atoms with Gasteiger partial charge in [-0.25, -0.2) is 4.79 Å². The predicted octanol–water partition coefficient (Wildman–Crippen LogP) is 1.69. The zero-order chi connectivity index (χ0) is 9.56. The molecule has 0 spiro atoms. The largest absolute Gasteiger partial charge is 0.477 e. The normalized spacial score (nSPS) is 14.0. The molecule has 0 aromatic heterocycles. The highest BCUT2D eigenvalue weighted by Crippen LogP contribution is 2.20. The number of carboxylic acid groups (broad SMARTS) is 1. The van der Waals surface area contributed by atoms with Gasteiger partial charge in [0.1, 0.15) is 6.29 Å². The van der Waals surface area contributed by atoms with Crippen molar-refractivity contribution >= 4 is 24.0 Å². The molecular weight excluding hydrogens is 176 g/mol. The highest BCUT2D eigenvalue weighted by molar-refractivity contribution is 8.05. The van der Waals surface area contributed by atoms with E-state index in [0.717, 1.165) is 18.0 Å². The molecule has 0 aliphatic rings. The monoisotopic (exact) mass is 188 g/mol. The van der Waals surface area contributed by atoms with Crippen molar-refractivity contribution in [3.63, 3.8) is 0 Å². The van der Waals surface area contributed by atoms with Crippen molar-refractivity contribution in [3.05, 3.63) is 11.0 Å². The minimum atomic E-state index is -0.962. The van der Waals surface area contributed by atoms with Crippen LogP contribution < -0.4 is 0 Å². The van der Waals surface area contributed by atoms with E-state index in [1.54, 1.807) is 13.0 Å². The molecule has 0 aliphatic heterocycles. The number of aliphatic carboxylic acids is 1. The summed E-state index contributed by atoms with van der Waals surface area (Å²) in [5, 5.41) is 8.35. The number of carbonyl (C=O) groups excluding carboxylic acids is 1. The Morgan fingerprint density at radius 3 is 2.58 bits per heavy atom. The molecule has 0 amide bonds. The summed E-state index contributed by atoms with van der Waals surface area (Å²) in [4.78, 5) is 21.0. The molecule has 3 nitrogen and oxygen atoms in total. The van der Waals surface area contributed by atoms with Gasteiger partial charge in [0, 0.05) is 0 Å². The van der Waals surface area contributed by atoms with Crippen LogP contribution in [0.15, 0.2) is 11.0 Å². The first-order valence-electron chi connectivity index (χ1n) is 3.67. The molecule has 0 saturated carbocycles. The molecule has 0 aliphatic carbocycles. The Balaban J connectivity index is 4.23. The molecule has 0 aromatic carbocycles. The summed E-state index contributed by atoms with van der Waals surface area (Å²) in [6.45, 7) is 3.53. The first kappa shape index (κ1) is 11.2. The summed E-state index contributed by atoms with van der Waals surface area (Å²) in [6.07, 6.45) is 3.00. The summed E-state index contributed by atoms with van der Waals surface area (Å²) in [5.74, 6) is -0.962. The van der Waals surface area contributed by atoms with Crippen LogP contribution in [0.1, 0.15) is 20.3 Å². The van der Waals surface area contributed by atoms with Crippen molar-refractivity contribution in [2.75, 3.05) is 0 Å². The van der Waals surface area contributed by atoms with Crippen molar-refractivity contribution in [2.24, 2.45) is 0 Å². The van der Waals surface area contributed by atoms with Crippen LogP contribution in [0.3, 0.4) is 0 Å². The zero-order valence-corrected chi connectivity index (χ0v) is 7.93. The first-order valence-corrected chi connectivity index (χ1v) is 4.55. The second kappa shape index (κ2) is 5.83. The van der Waals surface area contributed by atoms with Crippen LogP contribution in [-0.4, -0.2) is 22.6 Å². The minimum absolute atomic E-state index is 0.247. The predicted molar refractivity (Wildman–Crippen MR) is 49.1 cm³/mol. The summed E-state index contributed by atoms with van der Waals surface area (Å²) in [6, 6.07) is 0. The average Bonchev–Trinajstić information content (AvgIpc) is 2.03. The van der Waals surface area contributed by atoms with E-state index in [1.165, 1.54) is 0 Å². The van der Waals surface area contributed by atoms with Crippen LogP contribution >= 0.6 is 11.8 Å². The van der Waals surface area contributed by atoms with Crippen molar-refractivity contribution in [3.8, 4) is 0 Å². The third-order valence-corrected chi connectivity index (χ3v) is 2.18. The van der Waals surface area contributed by atoms with E-state index in [0.29, 0.717) is 6.42 Å². The number of carboxylic acids is 1. The first-order chi connectivity index (χ1) is 5.61. The van der Waals surface area contributed by atoms with Gasteiger partial charge in [-0.1, -0.05) is 13.0 Å². The molecule has 4 heteroatoms. The van der Waals surface area contributed by atoms with E-state index in [-0.39, 0.29) is 10.2 Å². The zero-order valence-electron chi connectivity index (χ0n) is 7.11. The maximum Gasteiger partial charge on any atom is 0.341 e. The van der Waals surface area contributed by atoms with Gasteiger partial charge in [0.25, 0.3) is 0 Å². The average molecular weight is 188 g/mol. The molecule has 68 valence electrons. The van der Waals surface area contributed by atoms with Gasteiger partial charge in [0.2, 0.25) is 0 Å². The fourth-order valence-electron chi connectivity index (χ4n) is 0.599. The smallest absolute Gasteiger partial charge is 0.341 e. The Kier molecular flexibility index (Phi) is 5.45. The van der Waals surface area contributed by atoms with E-state index in [4.69, 9.17) is 5.11 Å². The van der Waals surface area contributed by atoms with Gasteiger partial charge in [0.15, 0.2) is 0 Å². The van der Waals surface area contributed by atoms with Crippen LogP contribution in [0.5, 0.6) is 0 Å². The number of carbonyl (C=O) groups is 2. The van der Waals surface area contributed by atoms with Gasteiger partial charge in [-0.3, -0.25) is 0 Å². The highest BCUT2D eigenvalue weighted by Gasteiger charge is 2.11. The van der Waals surface area contributed by atoms with E-state index in [9.17, 15) is 9.59 Å². The second-order valence-electron chi connectivity index (χ2n) is 2.24. The lowest BCUT2D eigenvalue weighted by atomic mass is 10.4. The van der Waals surface area contributed by atoms with Crippen LogP contribution in [0.2, 0.25) is 0 Å². The summed E-state index contributed by atoms with van der Waals surface area (Å²) >= 11 is 1.07. The van der Waals surface area contributed by atoms with Crippen molar-refractivity contribution in [1.82, 2.24) is 0 Å². The van der Waals surface area contributed by atoms with Crippen molar-refractivity contribution in [1.29, 1.82) is 0 Å². The van der Waals surface area contributed by atoms with Crippen molar-refractivity contribution < 1.29 is 14.7 Å². The Morgan fingerprint density at radius 2 is 2.25 bits per heavy atom. The Bertz CT molecular complexity index is 198. The highest BCUT2D eigenvalue weighted by atomic mass is 32.2. The standard InChI is InChI=1S/C8H12O3S/c1-3-4-7(8(10)11)12-6(2)5-9/h4-6H,3H2,1-2H3,(H,10,11)/b7-4-. The molecular formula is C8H12O3S. The quantitative estimate of drug-likeness (QED) is 0.527. The summed E-state index contributed by atoms with van der Waals surface area (Å²) in [7, 11) is 0. The second-order valence-corrected chi connectivity index (χ2v) is 3.66. The molecule has 0 bridgehead atoms. The number of hydrogen-bond acceptors (Lipinski definition) is 3. The maximum atomic E-state index is 10.5. The summed E-state index contributed by atoms with van der Waals surface area (Å²) < 4.78 is 0. The van der Waals surface area contributed by atoms with Crippen LogP contribution in [0, 0.1) is 0 Å². The van der Waals surface area contributed by atoms with Crippen LogP contribution in [-0.2, 0) is 9.59 Å². The molecule has 1 N–H and O–H groups in total. The molecule has 0 heterocycles. The Labute approximate surface area is 75.8 Å². The Morgan fingerprint density at radius 1 is 1.67 bits per heavy atom. The fourth-order valence-corrected chi connectivity index (χ4v) is 1.42. The topological polar surface area (TPSA) is 54.4 Å². The van der Waals surface area contributed by atoms with E-state index in [1.807, 2.05) is 6.92 Å². The molecule has 0 saturated heterocycles. The molecule has 0 radical (unpaired) electrons. The Hall–Kier alpha value is -0.770. The van der Waals surface area contributed by atoms with Gasteiger partial charge in [-0.15, -0.1) is 11.8 Å². The summed E-state index contributed by atoms with van der Waals surface area (Å²) in [5.41, 5.74) is 0. The lowest BCUT2D eigenvalue weighted by molar-refractivity contribution is -0.131. The number of hydrogen-bond donors (Lipinski definition) is 1. The van der Waals surface area contributed by atoms with Gasteiger partial charge < -0.3 is 9.90 Å². The van der Waals surface area contributed by atoms with Crippen LogP contribution in [0.25, 0.3) is 0 Å². The maximum absolute atomic E-state index is 10.5. The minimum Gasteiger partial charge on any atom is -0.477 e. The molecule has 1 atom stereocenters. The van der Waals surface area contributed by atoms with E-state index < -0.39 is 5.97 Å². The van der Waals surface area contributed by atoms with Crippen molar-refractivity contribution in [2.45, 2.75) is 25.5 Å². The van der Waals surface area contributed by atoms with E-state index >= 15 is 0 Å².